The van der Waals surface area contributed by atoms with Crippen LogP contribution in [0, 0.1) is 5.92 Å². The van der Waals surface area contributed by atoms with Crippen molar-refractivity contribution in [1.82, 2.24) is 9.88 Å². The normalized spacial score (nSPS) is 14.2. The van der Waals surface area contributed by atoms with E-state index in [1.165, 1.54) is 11.3 Å². The zero-order chi connectivity index (χ0) is 22.2. The third-order valence-corrected chi connectivity index (χ3v) is 5.66. The molecular weight excluding hydrogens is 418 g/mol. The van der Waals surface area contributed by atoms with Crippen molar-refractivity contribution in [2.24, 2.45) is 5.92 Å². The number of thiazole rings is 1. The van der Waals surface area contributed by atoms with Crippen molar-refractivity contribution in [3.05, 3.63) is 29.3 Å². The summed E-state index contributed by atoms with van der Waals surface area (Å²) < 4.78 is 17.2. The number of nitrogens with zero attached hydrogens (tertiary/aromatic N) is 2. The maximum Gasteiger partial charge on any atom is 0.254 e. The van der Waals surface area contributed by atoms with Crippen molar-refractivity contribution in [3.8, 4) is 17.2 Å². The average molecular weight is 448 g/mol. The summed E-state index contributed by atoms with van der Waals surface area (Å²) in [5.74, 6) is 1.23. The summed E-state index contributed by atoms with van der Waals surface area (Å²) in [7, 11) is 0. The molecule has 3 rings (SSSR count). The maximum absolute atomic E-state index is 13.2. The fourth-order valence-electron chi connectivity index (χ4n) is 3.53. The van der Waals surface area contributed by atoms with Gasteiger partial charge in [0.1, 0.15) is 0 Å². The Balaban J connectivity index is 1.70. The molecule has 31 heavy (non-hydrogen) atoms. The number of amides is 2. The zero-order valence-electron chi connectivity index (χ0n) is 18.2. The first-order chi connectivity index (χ1) is 15.1. The van der Waals surface area contributed by atoms with Gasteiger partial charge >= 0.3 is 0 Å². The third kappa shape index (κ3) is 5.66. The quantitative estimate of drug-likeness (QED) is 0.628. The Hall–Kier alpha value is -2.81. The lowest BCUT2D eigenvalue weighted by Crippen LogP contribution is -2.41. The minimum absolute atomic E-state index is 0.0413. The number of rotatable bonds is 9. The topological polar surface area (TPSA) is 90.0 Å². The molecule has 1 aromatic carbocycles. The summed E-state index contributed by atoms with van der Waals surface area (Å²) in [4.78, 5) is 31.5. The number of piperidine rings is 1. The number of benzene rings is 1. The van der Waals surface area contributed by atoms with Crippen molar-refractivity contribution in [2.45, 2.75) is 33.6 Å². The van der Waals surface area contributed by atoms with Crippen LogP contribution in [-0.2, 0) is 4.79 Å². The Morgan fingerprint density at radius 2 is 1.68 bits per heavy atom. The van der Waals surface area contributed by atoms with E-state index >= 15 is 0 Å². The molecule has 0 radical (unpaired) electrons. The van der Waals surface area contributed by atoms with Gasteiger partial charge in [-0.1, -0.05) is 0 Å². The van der Waals surface area contributed by atoms with Crippen LogP contribution in [0.2, 0.25) is 0 Å². The van der Waals surface area contributed by atoms with Crippen LogP contribution in [0.25, 0.3) is 0 Å². The lowest BCUT2D eigenvalue weighted by Gasteiger charge is -2.31. The highest BCUT2D eigenvalue weighted by Crippen LogP contribution is 2.39. The molecule has 1 N–H and O–H groups in total. The van der Waals surface area contributed by atoms with Crippen LogP contribution in [0.3, 0.4) is 0 Å². The number of ether oxygens (including phenoxy) is 3. The Morgan fingerprint density at radius 1 is 1.06 bits per heavy atom. The van der Waals surface area contributed by atoms with Gasteiger partial charge in [-0.3, -0.25) is 9.59 Å². The van der Waals surface area contributed by atoms with Gasteiger partial charge in [0.25, 0.3) is 5.91 Å². The molecule has 2 amide bonds. The molecule has 0 unspecified atom stereocenters. The fourth-order valence-corrected chi connectivity index (χ4v) is 4.06. The second-order valence-electron chi connectivity index (χ2n) is 6.99. The van der Waals surface area contributed by atoms with Gasteiger partial charge in [-0.05, 0) is 45.7 Å². The van der Waals surface area contributed by atoms with Crippen LogP contribution in [0.5, 0.6) is 17.2 Å². The van der Waals surface area contributed by atoms with E-state index in [0.717, 1.165) is 0 Å². The van der Waals surface area contributed by atoms with Crippen molar-refractivity contribution in [2.75, 3.05) is 38.2 Å². The number of nitrogens with one attached hydrogen (secondary N) is 1. The van der Waals surface area contributed by atoms with E-state index in [-0.39, 0.29) is 17.7 Å². The number of carbonyl (C=O) groups is 2. The van der Waals surface area contributed by atoms with E-state index in [2.05, 4.69) is 10.3 Å². The van der Waals surface area contributed by atoms with Crippen LogP contribution in [0.15, 0.2) is 23.7 Å². The number of anilines is 1. The first-order valence-corrected chi connectivity index (χ1v) is 11.5. The molecule has 1 aromatic heterocycles. The molecule has 0 spiro atoms. The summed E-state index contributed by atoms with van der Waals surface area (Å²) in [6, 6.07) is 3.42. The largest absolute Gasteiger partial charge is 0.490 e. The number of hydrogen-bond donors (Lipinski definition) is 1. The van der Waals surface area contributed by atoms with Crippen molar-refractivity contribution in [3.63, 3.8) is 0 Å². The summed E-state index contributed by atoms with van der Waals surface area (Å²) >= 11 is 1.39. The summed E-state index contributed by atoms with van der Waals surface area (Å²) in [6.07, 6.45) is 2.87. The van der Waals surface area contributed by atoms with Crippen molar-refractivity contribution in [1.29, 1.82) is 0 Å². The van der Waals surface area contributed by atoms with E-state index in [1.807, 2.05) is 26.2 Å². The van der Waals surface area contributed by atoms with Crippen molar-refractivity contribution >= 4 is 28.3 Å². The zero-order valence-corrected chi connectivity index (χ0v) is 19.0. The molecule has 1 fully saturated rings. The van der Waals surface area contributed by atoms with Crippen LogP contribution in [0.4, 0.5) is 5.13 Å². The first-order valence-electron chi connectivity index (χ1n) is 10.6. The number of likely N-dealkylation sites (tertiary alicyclic amines) is 1. The molecule has 1 aliphatic heterocycles. The standard InChI is InChI=1S/C22H29N3O5S/c1-4-28-17-13-16(14-18(29-5-2)19(17)30-6-3)21(27)25-10-7-15(8-11-25)20(26)24-22-23-9-12-31-22/h9,12-15H,4-8,10-11H2,1-3H3,(H,23,24,26). The van der Waals surface area contributed by atoms with Gasteiger partial charge in [0.05, 0.1) is 19.8 Å². The van der Waals surface area contributed by atoms with Crippen molar-refractivity contribution < 1.29 is 23.8 Å². The fraction of sp³-hybridized carbons (Fsp3) is 0.500. The number of carbonyl (C=O) groups excluding carboxylic acids is 2. The lowest BCUT2D eigenvalue weighted by atomic mass is 9.95. The maximum atomic E-state index is 13.2. The van der Waals surface area contributed by atoms with Crippen LogP contribution >= 0.6 is 11.3 Å². The molecule has 0 bridgehead atoms. The van der Waals surface area contributed by atoms with Crippen LogP contribution in [-0.4, -0.2) is 54.6 Å². The number of aromatic nitrogens is 1. The highest BCUT2D eigenvalue weighted by Gasteiger charge is 2.29. The molecule has 0 saturated carbocycles. The van der Waals surface area contributed by atoms with Gasteiger partial charge in [-0.15, -0.1) is 11.3 Å². The predicted molar refractivity (Wildman–Crippen MR) is 119 cm³/mol. The van der Waals surface area contributed by atoms with Crippen LogP contribution in [0.1, 0.15) is 44.0 Å². The summed E-state index contributed by atoms with van der Waals surface area (Å²) in [5.41, 5.74) is 0.487. The molecule has 8 nitrogen and oxygen atoms in total. The molecular formula is C22H29N3O5S. The van der Waals surface area contributed by atoms with Crippen LogP contribution < -0.4 is 19.5 Å². The Labute approximate surface area is 186 Å². The van der Waals surface area contributed by atoms with E-state index in [0.29, 0.717) is 73.7 Å². The van der Waals surface area contributed by atoms with E-state index < -0.39 is 0 Å². The van der Waals surface area contributed by atoms with Gasteiger partial charge < -0.3 is 24.4 Å². The Kier molecular flexibility index (Phi) is 8.11. The first kappa shape index (κ1) is 22.9. The smallest absolute Gasteiger partial charge is 0.254 e. The molecule has 1 saturated heterocycles. The number of hydrogen-bond acceptors (Lipinski definition) is 7. The average Bonchev–Trinajstić information content (AvgIpc) is 3.28. The SMILES string of the molecule is CCOc1cc(C(=O)N2CCC(C(=O)Nc3nccs3)CC2)cc(OCC)c1OCC. The second kappa shape index (κ2) is 11.0. The summed E-state index contributed by atoms with van der Waals surface area (Å²) in [6.45, 7) is 8.03. The monoisotopic (exact) mass is 447 g/mol. The molecule has 2 heterocycles. The molecule has 2 aromatic rings. The molecule has 9 heteroatoms. The highest BCUT2D eigenvalue weighted by molar-refractivity contribution is 7.13. The highest BCUT2D eigenvalue weighted by atomic mass is 32.1. The molecule has 0 aliphatic carbocycles. The van der Waals surface area contributed by atoms with E-state index in [4.69, 9.17) is 14.2 Å². The lowest BCUT2D eigenvalue weighted by molar-refractivity contribution is -0.121. The second-order valence-corrected chi connectivity index (χ2v) is 7.89. The van der Waals surface area contributed by atoms with Gasteiger partial charge in [-0.2, -0.15) is 0 Å². The molecule has 1 aliphatic rings. The third-order valence-electron chi connectivity index (χ3n) is 4.97. The predicted octanol–water partition coefficient (Wildman–Crippen LogP) is 3.83. The Bertz CT molecular complexity index is 852. The van der Waals surface area contributed by atoms with E-state index in [1.54, 1.807) is 23.2 Å². The minimum atomic E-state index is -0.133. The van der Waals surface area contributed by atoms with Gasteiger partial charge in [0.2, 0.25) is 11.7 Å². The minimum Gasteiger partial charge on any atom is -0.490 e. The van der Waals surface area contributed by atoms with Gasteiger partial charge in [0.15, 0.2) is 16.6 Å². The summed E-state index contributed by atoms with van der Waals surface area (Å²) in [5, 5.41) is 5.27. The Morgan fingerprint density at radius 3 is 2.19 bits per heavy atom. The molecule has 168 valence electrons. The molecule has 0 atom stereocenters. The van der Waals surface area contributed by atoms with Gasteiger partial charge in [-0.25, -0.2) is 4.98 Å². The van der Waals surface area contributed by atoms with Gasteiger partial charge in [0, 0.05) is 36.1 Å². The van der Waals surface area contributed by atoms with E-state index in [9.17, 15) is 9.59 Å².